The maximum absolute atomic E-state index is 13.8. The second-order valence-corrected chi connectivity index (χ2v) is 6.18. The fourth-order valence-corrected chi connectivity index (χ4v) is 2.40. The van der Waals surface area contributed by atoms with Crippen LogP contribution in [0.15, 0.2) is 6.07 Å². The largest absolute Gasteiger partial charge is 0.296 e. The molecule has 1 aromatic rings. The van der Waals surface area contributed by atoms with Gasteiger partial charge in [0, 0.05) is 12.8 Å². The van der Waals surface area contributed by atoms with Crippen LogP contribution in [0.4, 0.5) is 4.39 Å². The molecule has 1 atom stereocenters. The van der Waals surface area contributed by atoms with Crippen molar-refractivity contribution < 1.29 is 27.0 Å². The molecule has 114 valence electrons. The van der Waals surface area contributed by atoms with E-state index in [-0.39, 0.29) is 30.7 Å². The third-order valence-electron chi connectivity index (χ3n) is 3.03. The topological polar surface area (TPSA) is 126 Å². The number of amides is 2. The van der Waals surface area contributed by atoms with Crippen LogP contribution in [0.2, 0.25) is 0 Å². The van der Waals surface area contributed by atoms with Gasteiger partial charge in [-0.15, -0.1) is 0 Å². The molecule has 1 fully saturated rings. The van der Waals surface area contributed by atoms with E-state index in [2.05, 4.69) is 15.5 Å². The molecular formula is C11H12FN3O5S. The molecule has 1 aromatic heterocycles. The normalized spacial score (nSPS) is 19.4. The van der Waals surface area contributed by atoms with Crippen LogP contribution in [0, 0.1) is 5.82 Å². The smallest absolute Gasteiger partial charge is 0.265 e. The molecule has 0 spiro atoms. The van der Waals surface area contributed by atoms with Crippen molar-refractivity contribution in [2.75, 3.05) is 5.75 Å². The van der Waals surface area contributed by atoms with Crippen molar-refractivity contribution in [2.45, 2.75) is 25.2 Å². The molecule has 2 heterocycles. The van der Waals surface area contributed by atoms with E-state index in [0.717, 1.165) is 6.07 Å². The number of hydrogen-bond acceptors (Lipinski definition) is 6. The Morgan fingerprint density at radius 2 is 2.10 bits per heavy atom. The number of carbonyl (C=O) groups excluding carboxylic acids is 2. The quantitative estimate of drug-likeness (QED) is 0.569. The van der Waals surface area contributed by atoms with E-state index < -0.39 is 39.4 Å². The molecule has 1 saturated heterocycles. The summed E-state index contributed by atoms with van der Waals surface area (Å²) in [7, 11) is -4.22. The summed E-state index contributed by atoms with van der Waals surface area (Å²) in [6.07, 6.45) is 0.0145. The van der Waals surface area contributed by atoms with Gasteiger partial charge in [0.15, 0.2) is 0 Å². The highest BCUT2D eigenvalue weighted by molar-refractivity contribution is 7.85. The molecule has 1 unspecified atom stereocenters. The van der Waals surface area contributed by atoms with Gasteiger partial charge in [-0.3, -0.25) is 19.5 Å². The Morgan fingerprint density at radius 1 is 1.38 bits per heavy atom. The van der Waals surface area contributed by atoms with E-state index in [9.17, 15) is 22.4 Å². The van der Waals surface area contributed by atoms with Crippen molar-refractivity contribution in [2.24, 2.45) is 0 Å². The standard InChI is InChI=1S/C11H12FN3O5S/c12-7-5-9(6-1-2-10(16)13-11(6)17)15-14-8(7)3-4-21(18,19)20/h5-6H,1-4H2,(H,13,16,17)(H,18,19,20). The molecule has 1 aliphatic rings. The van der Waals surface area contributed by atoms with Gasteiger partial charge in [0.25, 0.3) is 10.1 Å². The number of halogens is 1. The first kappa shape index (κ1) is 15.4. The zero-order valence-electron chi connectivity index (χ0n) is 10.7. The minimum atomic E-state index is -4.22. The number of aromatic nitrogens is 2. The van der Waals surface area contributed by atoms with Crippen molar-refractivity contribution >= 4 is 21.9 Å². The van der Waals surface area contributed by atoms with Crippen LogP contribution in [0.1, 0.15) is 30.1 Å². The third-order valence-corrected chi connectivity index (χ3v) is 3.75. The summed E-state index contributed by atoms with van der Waals surface area (Å²) in [5.41, 5.74) is -0.142. The number of piperidine rings is 1. The van der Waals surface area contributed by atoms with E-state index in [4.69, 9.17) is 4.55 Å². The Labute approximate surface area is 119 Å². The molecule has 2 N–H and O–H groups in total. The summed E-state index contributed by atoms with van der Waals surface area (Å²) in [5.74, 6) is -3.20. The van der Waals surface area contributed by atoms with Gasteiger partial charge in [0.1, 0.15) is 5.82 Å². The van der Waals surface area contributed by atoms with Crippen LogP contribution in [0.25, 0.3) is 0 Å². The van der Waals surface area contributed by atoms with Crippen LogP contribution in [0.3, 0.4) is 0 Å². The van der Waals surface area contributed by atoms with Crippen LogP contribution >= 0.6 is 0 Å². The first-order valence-electron chi connectivity index (χ1n) is 6.07. The molecule has 0 aliphatic carbocycles. The molecule has 0 radical (unpaired) electrons. The van der Waals surface area contributed by atoms with Crippen LogP contribution in [-0.4, -0.2) is 40.7 Å². The van der Waals surface area contributed by atoms with Crippen molar-refractivity contribution in [3.63, 3.8) is 0 Å². The van der Waals surface area contributed by atoms with Gasteiger partial charge in [-0.25, -0.2) is 4.39 Å². The van der Waals surface area contributed by atoms with Gasteiger partial charge in [-0.05, 0) is 12.5 Å². The SMILES string of the molecule is O=C1CCC(c2cc(F)c(CCS(=O)(=O)O)nn2)C(=O)N1. The lowest BCUT2D eigenvalue weighted by atomic mass is 9.94. The van der Waals surface area contributed by atoms with Gasteiger partial charge < -0.3 is 0 Å². The average molecular weight is 317 g/mol. The lowest BCUT2D eigenvalue weighted by Gasteiger charge is -2.19. The molecule has 2 amide bonds. The lowest BCUT2D eigenvalue weighted by Crippen LogP contribution is -2.39. The predicted molar refractivity (Wildman–Crippen MR) is 67.2 cm³/mol. The molecule has 0 saturated carbocycles. The Kier molecular flexibility index (Phi) is 4.28. The molecule has 10 heteroatoms. The van der Waals surface area contributed by atoms with Gasteiger partial charge in [-0.1, -0.05) is 0 Å². The van der Waals surface area contributed by atoms with Crippen molar-refractivity contribution in [1.82, 2.24) is 15.5 Å². The summed E-state index contributed by atoms with van der Waals surface area (Å²) in [4.78, 5) is 22.7. The lowest BCUT2D eigenvalue weighted by molar-refractivity contribution is -0.134. The second kappa shape index (κ2) is 5.82. The zero-order chi connectivity index (χ0) is 15.6. The minimum absolute atomic E-state index is 0.0769. The number of nitrogens with zero attached hydrogens (tertiary/aromatic N) is 2. The maximum Gasteiger partial charge on any atom is 0.265 e. The molecule has 0 bridgehead atoms. The highest BCUT2D eigenvalue weighted by atomic mass is 32.2. The summed E-state index contributed by atoms with van der Waals surface area (Å²) in [5, 5.41) is 9.37. The predicted octanol–water partition coefficient (Wildman–Crippen LogP) is -0.434. The average Bonchev–Trinajstić information content (AvgIpc) is 2.36. The highest BCUT2D eigenvalue weighted by Gasteiger charge is 2.30. The maximum atomic E-state index is 13.8. The molecule has 0 aromatic carbocycles. The van der Waals surface area contributed by atoms with E-state index in [0.29, 0.717) is 0 Å². The Balaban J connectivity index is 2.15. The monoisotopic (exact) mass is 317 g/mol. The summed E-state index contributed by atoms with van der Waals surface area (Å²) < 4.78 is 43.6. The van der Waals surface area contributed by atoms with E-state index in [1.165, 1.54) is 0 Å². The summed E-state index contributed by atoms with van der Waals surface area (Å²) in [6, 6.07) is 0.992. The zero-order valence-corrected chi connectivity index (χ0v) is 11.6. The fourth-order valence-electron chi connectivity index (χ4n) is 1.95. The van der Waals surface area contributed by atoms with Crippen LogP contribution < -0.4 is 5.32 Å². The number of aryl methyl sites for hydroxylation is 1. The van der Waals surface area contributed by atoms with Gasteiger partial charge in [-0.2, -0.15) is 18.6 Å². The highest BCUT2D eigenvalue weighted by Crippen LogP contribution is 2.23. The third kappa shape index (κ3) is 4.02. The van der Waals surface area contributed by atoms with Gasteiger partial charge >= 0.3 is 0 Å². The van der Waals surface area contributed by atoms with Crippen molar-refractivity contribution in [3.8, 4) is 0 Å². The Hall–Kier alpha value is -1.94. The molecular weight excluding hydrogens is 305 g/mol. The Bertz CT molecular complexity index is 691. The molecule has 21 heavy (non-hydrogen) atoms. The minimum Gasteiger partial charge on any atom is -0.296 e. The van der Waals surface area contributed by atoms with Crippen molar-refractivity contribution in [1.29, 1.82) is 0 Å². The van der Waals surface area contributed by atoms with Crippen LogP contribution in [0.5, 0.6) is 0 Å². The summed E-state index contributed by atoms with van der Waals surface area (Å²) in [6.45, 7) is 0. The molecule has 8 nitrogen and oxygen atoms in total. The number of imide groups is 1. The van der Waals surface area contributed by atoms with Gasteiger partial charge in [0.05, 0.1) is 23.1 Å². The number of nitrogens with one attached hydrogen (secondary N) is 1. The van der Waals surface area contributed by atoms with E-state index >= 15 is 0 Å². The molecule has 1 aliphatic heterocycles. The van der Waals surface area contributed by atoms with Crippen LogP contribution in [-0.2, 0) is 26.1 Å². The Morgan fingerprint density at radius 3 is 2.67 bits per heavy atom. The number of rotatable bonds is 4. The van der Waals surface area contributed by atoms with E-state index in [1.807, 2.05) is 0 Å². The molecule has 2 rings (SSSR count). The fraction of sp³-hybridized carbons (Fsp3) is 0.455. The number of hydrogen-bond donors (Lipinski definition) is 2. The van der Waals surface area contributed by atoms with Crippen molar-refractivity contribution in [3.05, 3.63) is 23.3 Å². The number of carbonyl (C=O) groups is 2. The van der Waals surface area contributed by atoms with E-state index in [1.54, 1.807) is 0 Å². The summed E-state index contributed by atoms with van der Waals surface area (Å²) >= 11 is 0. The first-order chi connectivity index (χ1) is 9.76. The first-order valence-corrected chi connectivity index (χ1v) is 7.68. The van der Waals surface area contributed by atoms with Gasteiger partial charge in [0.2, 0.25) is 11.8 Å². The second-order valence-electron chi connectivity index (χ2n) is 4.60.